The zero-order chi connectivity index (χ0) is 12.2. The molecule has 0 saturated carbocycles. The molecule has 0 spiro atoms. The summed E-state index contributed by atoms with van der Waals surface area (Å²) in [6.45, 7) is 0. The maximum atomic E-state index is 2.30. The Kier molecular flexibility index (Phi) is 3.45. The van der Waals surface area contributed by atoms with Crippen molar-refractivity contribution in [3.8, 4) is 0 Å². The van der Waals surface area contributed by atoms with Crippen molar-refractivity contribution in [3.05, 3.63) is 70.9 Å². The largest absolute Gasteiger partial charge is 0.0620 e. The van der Waals surface area contributed by atoms with Crippen molar-refractivity contribution in [1.82, 2.24) is 0 Å². The van der Waals surface area contributed by atoms with E-state index in [1.807, 2.05) is 0 Å². The summed E-state index contributed by atoms with van der Waals surface area (Å²) in [7, 11) is 0. The maximum Gasteiger partial charge on any atom is -0.0149 e. The van der Waals surface area contributed by atoms with E-state index < -0.39 is 0 Å². The molecule has 3 aliphatic carbocycles. The average Bonchev–Trinajstić information content (AvgIpc) is 2.68. The van der Waals surface area contributed by atoms with Gasteiger partial charge in [-0.3, -0.25) is 0 Å². The van der Waals surface area contributed by atoms with E-state index in [1.54, 1.807) is 0 Å². The predicted octanol–water partition coefficient (Wildman–Crippen LogP) is 5.19. The van der Waals surface area contributed by atoms with Crippen molar-refractivity contribution >= 4 is 0 Å². The molecule has 3 rings (SSSR count). The lowest BCUT2D eigenvalue weighted by Crippen LogP contribution is -1.96. The molecule has 0 aromatic rings. The number of hydrogen-bond donors (Lipinski definition) is 0. The van der Waals surface area contributed by atoms with E-state index in [2.05, 4.69) is 48.6 Å². The van der Waals surface area contributed by atoms with Gasteiger partial charge in [-0.25, -0.2) is 0 Å². The lowest BCUT2D eigenvalue weighted by Gasteiger charge is -2.15. The quantitative estimate of drug-likeness (QED) is 0.543. The van der Waals surface area contributed by atoms with Gasteiger partial charge in [0.15, 0.2) is 0 Å². The Bertz CT molecular complexity index is 456. The van der Waals surface area contributed by atoms with Crippen LogP contribution in [0.25, 0.3) is 0 Å². The van der Waals surface area contributed by atoms with E-state index in [0.29, 0.717) is 0 Å². The fraction of sp³-hybridized carbons (Fsp3) is 0.333. The van der Waals surface area contributed by atoms with Gasteiger partial charge in [0.2, 0.25) is 0 Å². The van der Waals surface area contributed by atoms with Gasteiger partial charge in [0.25, 0.3) is 0 Å². The molecule has 0 heteroatoms. The summed E-state index contributed by atoms with van der Waals surface area (Å²) in [5, 5.41) is 0. The van der Waals surface area contributed by atoms with E-state index in [-0.39, 0.29) is 0 Å². The van der Waals surface area contributed by atoms with Crippen LogP contribution in [0.3, 0.4) is 0 Å². The molecule has 0 atom stereocenters. The van der Waals surface area contributed by atoms with Crippen molar-refractivity contribution in [2.45, 2.75) is 38.5 Å². The smallest absolute Gasteiger partial charge is 0.0149 e. The third-order valence-corrected chi connectivity index (χ3v) is 3.97. The predicted molar refractivity (Wildman–Crippen MR) is 78.3 cm³/mol. The fourth-order valence-corrected chi connectivity index (χ4v) is 2.99. The van der Waals surface area contributed by atoms with Gasteiger partial charge in [-0.15, -0.1) is 0 Å². The van der Waals surface area contributed by atoms with Crippen molar-refractivity contribution < 1.29 is 0 Å². The highest BCUT2D eigenvalue weighted by atomic mass is 14.2. The topological polar surface area (TPSA) is 0 Å². The van der Waals surface area contributed by atoms with Crippen LogP contribution >= 0.6 is 0 Å². The fourth-order valence-electron chi connectivity index (χ4n) is 2.99. The Labute approximate surface area is 110 Å². The van der Waals surface area contributed by atoms with Crippen molar-refractivity contribution in [1.29, 1.82) is 0 Å². The first kappa shape index (κ1) is 11.5. The molecule has 18 heavy (non-hydrogen) atoms. The third-order valence-electron chi connectivity index (χ3n) is 3.97. The van der Waals surface area contributed by atoms with Gasteiger partial charge in [0.1, 0.15) is 0 Å². The molecule has 0 heterocycles. The van der Waals surface area contributed by atoms with E-state index in [4.69, 9.17) is 0 Å². The van der Waals surface area contributed by atoms with Gasteiger partial charge in [-0.1, -0.05) is 61.4 Å². The maximum absolute atomic E-state index is 2.30. The number of hydrogen-bond acceptors (Lipinski definition) is 0. The van der Waals surface area contributed by atoms with E-state index in [9.17, 15) is 0 Å². The number of allylic oxidation sites excluding steroid dienone is 12. The lowest BCUT2D eigenvalue weighted by atomic mass is 9.90. The Morgan fingerprint density at radius 2 is 0.944 bits per heavy atom. The van der Waals surface area contributed by atoms with Gasteiger partial charge in [-0.05, 0) is 48.0 Å². The second kappa shape index (κ2) is 5.39. The van der Waals surface area contributed by atoms with Crippen molar-refractivity contribution in [2.24, 2.45) is 0 Å². The molecular formula is C18H20. The van der Waals surface area contributed by atoms with Crippen LogP contribution in [0.15, 0.2) is 70.9 Å². The molecule has 0 nitrogen and oxygen atoms in total. The minimum absolute atomic E-state index is 1.22. The SMILES string of the molecule is C1=CC2=C3C=CC=CC(=C3C=C1)CCCCCC2. The first-order valence-corrected chi connectivity index (χ1v) is 7.11. The highest BCUT2D eigenvalue weighted by molar-refractivity contribution is 5.60. The zero-order valence-electron chi connectivity index (χ0n) is 10.9. The Hall–Kier alpha value is -1.56. The molecule has 3 aliphatic rings. The molecule has 0 radical (unpaired) electrons. The lowest BCUT2D eigenvalue weighted by molar-refractivity contribution is 0.638. The van der Waals surface area contributed by atoms with Crippen LogP contribution < -0.4 is 0 Å². The van der Waals surface area contributed by atoms with Crippen LogP contribution in [-0.2, 0) is 0 Å². The van der Waals surface area contributed by atoms with Crippen LogP contribution in [0, 0.1) is 0 Å². The van der Waals surface area contributed by atoms with E-state index >= 15 is 0 Å². The summed E-state index contributed by atoms with van der Waals surface area (Å²) >= 11 is 0. The molecule has 0 unspecified atom stereocenters. The Morgan fingerprint density at radius 3 is 1.44 bits per heavy atom. The summed E-state index contributed by atoms with van der Waals surface area (Å²) in [5.74, 6) is 0. The summed E-state index contributed by atoms with van der Waals surface area (Å²) in [6.07, 6.45) is 25.8. The van der Waals surface area contributed by atoms with Crippen molar-refractivity contribution in [3.63, 3.8) is 0 Å². The van der Waals surface area contributed by atoms with E-state index in [1.165, 1.54) is 60.8 Å². The molecule has 0 amide bonds. The molecule has 0 saturated heterocycles. The summed E-state index contributed by atoms with van der Waals surface area (Å²) in [4.78, 5) is 0. The second-order valence-corrected chi connectivity index (χ2v) is 5.23. The van der Waals surface area contributed by atoms with Gasteiger partial charge in [-0.2, -0.15) is 0 Å². The monoisotopic (exact) mass is 236 g/mol. The van der Waals surface area contributed by atoms with Gasteiger partial charge in [0, 0.05) is 0 Å². The van der Waals surface area contributed by atoms with Crippen molar-refractivity contribution in [2.75, 3.05) is 0 Å². The first-order valence-electron chi connectivity index (χ1n) is 7.11. The van der Waals surface area contributed by atoms with Gasteiger partial charge < -0.3 is 0 Å². The first-order chi connectivity index (χ1) is 8.95. The van der Waals surface area contributed by atoms with Crippen LogP contribution in [0.4, 0.5) is 0 Å². The minimum Gasteiger partial charge on any atom is -0.0620 e. The van der Waals surface area contributed by atoms with Gasteiger partial charge in [0.05, 0.1) is 0 Å². The van der Waals surface area contributed by atoms with E-state index in [0.717, 1.165) is 0 Å². The van der Waals surface area contributed by atoms with Gasteiger partial charge >= 0.3 is 0 Å². The van der Waals surface area contributed by atoms with Crippen LogP contribution in [0.5, 0.6) is 0 Å². The Morgan fingerprint density at radius 1 is 0.500 bits per heavy atom. The molecule has 0 aromatic heterocycles. The molecule has 92 valence electrons. The van der Waals surface area contributed by atoms with Crippen LogP contribution in [0.1, 0.15) is 38.5 Å². The average molecular weight is 236 g/mol. The zero-order valence-corrected chi connectivity index (χ0v) is 10.9. The summed E-state index contributed by atoms with van der Waals surface area (Å²) in [5.41, 5.74) is 5.91. The highest BCUT2D eigenvalue weighted by Gasteiger charge is 2.14. The molecule has 0 N–H and O–H groups in total. The normalized spacial score (nSPS) is 23.1. The minimum atomic E-state index is 1.22. The Balaban J connectivity index is 2.16. The second-order valence-electron chi connectivity index (χ2n) is 5.23. The van der Waals surface area contributed by atoms with Crippen LogP contribution in [0.2, 0.25) is 0 Å². The summed E-state index contributed by atoms with van der Waals surface area (Å²) < 4.78 is 0. The molecular weight excluding hydrogens is 216 g/mol. The highest BCUT2D eigenvalue weighted by Crippen LogP contribution is 2.32. The standard InChI is InChI=1S/C18H20/c1-2-4-10-16-12-6-8-13-17-15(9-3-1)11-5-7-14-18(16)17/h5-8,11-14H,1-4,9-10H2. The number of rotatable bonds is 0. The van der Waals surface area contributed by atoms with Crippen LogP contribution in [-0.4, -0.2) is 0 Å². The molecule has 0 aromatic carbocycles. The molecule has 4 bridgehead atoms. The molecule has 0 fully saturated rings. The summed E-state index contributed by atoms with van der Waals surface area (Å²) in [6, 6.07) is 0. The molecule has 0 aliphatic heterocycles. The third kappa shape index (κ3) is 2.33.